The molecule has 0 unspecified atom stereocenters. The van der Waals surface area contributed by atoms with Crippen molar-refractivity contribution in [1.82, 2.24) is 9.97 Å². The zero-order chi connectivity index (χ0) is 21.5. The minimum Gasteiger partial charge on any atom is -0.336 e. The van der Waals surface area contributed by atoms with E-state index in [0.29, 0.717) is 16.9 Å². The SMILES string of the molecule is C[Si](C)(C)C#Cc1cncc2c1nc(Nc1c(F)cc(F)cc1Cl)c1ccccc12. The second-order valence-electron chi connectivity index (χ2n) is 7.96. The maximum atomic E-state index is 14.4. The summed E-state index contributed by atoms with van der Waals surface area (Å²) < 4.78 is 27.9. The van der Waals surface area contributed by atoms with E-state index in [-0.39, 0.29) is 10.7 Å². The van der Waals surface area contributed by atoms with E-state index in [1.165, 1.54) is 0 Å². The Morgan fingerprint density at radius 2 is 1.73 bits per heavy atom. The van der Waals surface area contributed by atoms with Crippen LogP contribution in [0.1, 0.15) is 5.56 Å². The molecule has 30 heavy (non-hydrogen) atoms. The molecule has 0 aliphatic carbocycles. The van der Waals surface area contributed by atoms with Crippen molar-refractivity contribution in [2.75, 3.05) is 5.32 Å². The standard InChI is InChI=1S/C23H18ClF2N3Si/c1-30(2,3)9-8-14-12-27-13-18-16-6-4-5-7-17(16)23(28-21(14)18)29-22-19(24)10-15(25)11-20(22)26/h4-7,10-13H,1-3H3,(H,28,29). The van der Waals surface area contributed by atoms with E-state index >= 15 is 0 Å². The molecule has 0 aliphatic rings. The molecule has 0 atom stereocenters. The van der Waals surface area contributed by atoms with Gasteiger partial charge >= 0.3 is 0 Å². The Kier molecular flexibility index (Phi) is 5.18. The predicted molar refractivity (Wildman–Crippen MR) is 122 cm³/mol. The van der Waals surface area contributed by atoms with Crippen LogP contribution in [0.15, 0.2) is 48.8 Å². The van der Waals surface area contributed by atoms with E-state index in [1.807, 2.05) is 24.3 Å². The summed E-state index contributed by atoms with van der Waals surface area (Å²) in [5, 5.41) is 5.41. The van der Waals surface area contributed by atoms with Crippen LogP contribution >= 0.6 is 11.6 Å². The first kappa shape index (κ1) is 20.3. The Hall–Kier alpha value is -3.01. The number of hydrogen-bond donors (Lipinski definition) is 1. The van der Waals surface area contributed by atoms with Crippen LogP contribution in [0.3, 0.4) is 0 Å². The Labute approximate surface area is 179 Å². The maximum Gasteiger partial charge on any atom is 0.151 e. The normalized spacial score (nSPS) is 11.4. The van der Waals surface area contributed by atoms with Gasteiger partial charge in [-0.15, -0.1) is 5.54 Å². The molecule has 4 aromatic rings. The van der Waals surface area contributed by atoms with E-state index in [9.17, 15) is 8.78 Å². The van der Waals surface area contributed by atoms with Crippen molar-refractivity contribution in [1.29, 1.82) is 0 Å². The van der Waals surface area contributed by atoms with E-state index in [2.05, 4.69) is 41.4 Å². The highest BCUT2D eigenvalue weighted by Gasteiger charge is 2.16. The predicted octanol–water partition coefficient (Wildman–Crippen LogP) is 6.69. The highest BCUT2D eigenvalue weighted by atomic mass is 35.5. The lowest BCUT2D eigenvalue weighted by Gasteiger charge is -2.14. The average molecular weight is 438 g/mol. The Morgan fingerprint density at radius 1 is 1.00 bits per heavy atom. The van der Waals surface area contributed by atoms with Gasteiger partial charge in [-0.05, 0) is 11.5 Å². The molecule has 0 radical (unpaired) electrons. The lowest BCUT2D eigenvalue weighted by molar-refractivity contribution is 0.586. The second kappa shape index (κ2) is 7.67. The first-order chi connectivity index (χ1) is 14.2. The number of halogens is 3. The van der Waals surface area contributed by atoms with Crippen molar-refractivity contribution in [3.63, 3.8) is 0 Å². The molecule has 1 N–H and O–H groups in total. The summed E-state index contributed by atoms with van der Waals surface area (Å²) in [6, 6.07) is 9.45. The highest BCUT2D eigenvalue weighted by molar-refractivity contribution is 6.83. The Bertz CT molecular complexity index is 1330. The van der Waals surface area contributed by atoms with Crippen molar-refractivity contribution in [3.8, 4) is 11.5 Å². The molecular formula is C23H18ClF2N3Si. The molecular weight excluding hydrogens is 420 g/mol. The summed E-state index contributed by atoms with van der Waals surface area (Å²) in [5.74, 6) is 2.10. The third-order valence-corrected chi connectivity index (χ3v) is 5.61. The molecule has 7 heteroatoms. The van der Waals surface area contributed by atoms with Crippen LogP contribution in [-0.4, -0.2) is 18.0 Å². The van der Waals surface area contributed by atoms with E-state index in [4.69, 9.17) is 16.6 Å². The Morgan fingerprint density at radius 3 is 2.43 bits per heavy atom. The van der Waals surface area contributed by atoms with Gasteiger partial charge in [0.2, 0.25) is 0 Å². The van der Waals surface area contributed by atoms with Gasteiger partial charge in [-0.1, -0.05) is 61.4 Å². The molecule has 2 aromatic carbocycles. The van der Waals surface area contributed by atoms with Crippen LogP contribution in [0.5, 0.6) is 0 Å². The number of anilines is 2. The third-order valence-electron chi connectivity index (χ3n) is 4.44. The minimum absolute atomic E-state index is 0.0288. The van der Waals surface area contributed by atoms with E-state index < -0.39 is 19.7 Å². The first-order valence-electron chi connectivity index (χ1n) is 9.34. The largest absolute Gasteiger partial charge is 0.336 e. The topological polar surface area (TPSA) is 37.8 Å². The van der Waals surface area contributed by atoms with Crippen LogP contribution in [0.4, 0.5) is 20.3 Å². The molecule has 0 fully saturated rings. The van der Waals surface area contributed by atoms with Crippen molar-refractivity contribution in [2.45, 2.75) is 19.6 Å². The summed E-state index contributed by atoms with van der Waals surface area (Å²) in [6.07, 6.45) is 3.44. The van der Waals surface area contributed by atoms with Gasteiger partial charge in [-0.2, -0.15) is 0 Å². The van der Waals surface area contributed by atoms with Crippen molar-refractivity contribution in [3.05, 3.63) is 71.0 Å². The molecule has 0 saturated carbocycles. The summed E-state index contributed by atoms with van der Waals surface area (Å²) in [7, 11) is -1.61. The fourth-order valence-electron chi connectivity index (χ4n) is 3.09. The van der Waals surface area contributed by atoms with Gasteiger partial charge in [0.15, 0.2) is 5.82 Å². The number of pyridine rings is 2. The smallest absolute Gasteiger partial charge is 0.151 e. The van der Waals surface area contributed by atoms with Crippen molar-refractivity contribution in [2.24, 2.45) is 0 Å². The zero-order valence-electron chi connectivity index (χ0n) is 16.6. The molecule has 0 aliphatic heterocycles. The van der Waals surface area contributed by atoms with Gasteiger partial charge in [0.1, 0.15) is 19.7 Å². The number of nitrogens with one attached hydrogen (secondary N) is 1. The van der Waals surface area contributed by atoms with E-state index in [1.54, 1.807) is 12.4 Å². The quantitative estimate of drug-likeness (QED) is 0.216. The van der Waals surface area contributed by atoms with Crippen LogP contribution in [0.2, 0.25) is 24.7 Å². The van der Waals surface area contributed by atoms with Gasteiger partial charge in [-0.25, -0.2) is 13.8 Å². The molecule has 0 spiro atoms. The lowest BCUT2D eigenvalue weighted by Crippen LogP contribution is -2.16. The summed E-state index contributed by atoms with van der Waals surface area (Å²) in [4.78, 5) is 9.09. The molecule has 0 bridgehead atoms. The number of benzene rings is 2. The second-order valence-corrected chi connectivity index (χ2v) is 13.1. The fraction of sp³-hybridized carbons (Fsp3) is 0.130. The van der Waals surface area contributed by atoms with Gasteiger partial charge in [-0.3, -0.25) is 4.98 Å². The maximum absolute atomic E-state index is 14.4. The number of fused-ring (bicyclic) bond motifs is 3. The van der Waals surface area contributed by atoms with Crippen LogP contribution in [-0.2, 0) is 0 Å². The first-order valence-corrected chi connectivity index (χ1v) is 13.2. The molecule has 2 aromatic heterocycles. The summed E-state index contributed by atoms with van der Waals surface area (Å²) >= 11 is 6.09. The van der Waals surface area contributed by atoms with Crippen LogP contribution < -0.4 is 5.32 Å². The molecule has 2 heterocycles. The van der Waals surface area contributed by atoms with Crippen molar-refractivity contribution < 1.29 is 8.78 Å². The molecule has 0 saturated heterocycles. The van der Waals surface area contributed by atoms with Crippen LogP contribution in [0, 0.1) is 23.1 Å². The minimum atomic E-state index is -1.61. The number of aromatic nitrogens is 2. The van der Waals surface area contributed by atoms with Gasteiger partial charge in [0.05, 0.1) is 21.8 Å². The average Bonchev–Trinajstić information content (AvgIpc) is 2.68. The molecule has 3 nitrogen and oxygen atoms in total. The Balaban J connectivity index is 1.98. The molecule has 150 valence electrons. The fourth-order valence-corrected chi connectivity index (χ4v) is 3.84. The third kappa shape index (κ3) is 4.00. The van der Waals surface area contributed by atoms with Crippen molar-refractivity contribution >= 4 is 52.9 Å². The number of rotatable bonds is 2. The number of hydrogen-bond acceptors (Lipinski definition) is 3. The lowest BCUT2D eigenvalue weighted by atomic mass is 10.1. The zero-order valence-corrected chi connectivity index (χ0v) is 18.4. The van der Waals surface area contributed by atoms with Gasteiger partial charge < -0.3 is 5.32 Å². The molecule has 0 amide bonds. The highest BCUT2D eigenvalue weighted by Crippen LogP contribution is 2.35. The van der Waals surface area contributed by atoms with Gasteiger partial charge in [0.25, 0.3) is 0 Å². The molecule has 4 rings (SSSR count). The summed E-state index contributed by atoms with van der Waals surface area (Å²) in [6.45, 7) is 6.48. The van der Waals surface area contributed by atoms with E-state index in [0.717, 1.165) is 28.3 Å². The monoisotopic (exact) mass is 437 g/mol. The summed E-state index contributed by atoms with van der Waals surface area (Å²) in [5.41, 5.74) is 4.67. The van der Waals surface area contributed by atoms with Gasteiger partial charge in [0, 0.05) is 29.2 Å². The number of nitrogens with zero attached hydrogens (tertiary/aromatic N) is 2. The van der Waals surface area contributed by atoms with Crippen LogP contribution in [0.25, 0.3) is 21.7 Å².